The van der Waals surface area contributed by atoms with E-state index in [0.717, 1.165) is 12.1 Å². The summed E-state index contributed by atoms with van der Waals surface area (Å²) in [5.41, 5.74) is -0.604. The van der Waals surface area contributed by atoms with Crippen LogP contribution in [0.1, 0.15) is 5.56 Å². The summed E-state index contributed by atoms with van der Waals surface area (Å²) in [5, 5.41) is 8.77. The third-order valence-corrected chi connectivity index (χ3v) is 3.40. The lowest BCUT2D eigenvalue weighted by Crippen LogP contribution is -2.07. The van der Waals surface area contributed by atoms with Gasteiger partial charge in [-0.05, 0) is 12.1 Å². The van der Waals surface area contributed by atoms with E-state index in [4.69, 9.17) is 15.9 Å². The number of benzene rings is 1. The van der Waals surface area contributed by atoms with Crippen molar-refractivity contribution in [1.29, 1.82) is 5.26 Å². The molecule has 0 N–H and O–H groups in total. The number of alkyl halides is 2. The summed E-state index contributed by atoms with van der Waals surface area (Å²) in [5.74, 6) is -0.618. The molecule has 0 unspecified atom stereocenters. The number of rotatable bonds is 3. The van der Waals surface area contributed by atoms with Gasteiger partial charge in [0.05, 0.1) is 0 Å². The van der Waals surface area contributed by atoms with E-state index in [-0.39, 0.29) is 4.90 Å². The highest BCUT2D eigenvalue weighted by Gasteiger charge is 2.23. The highest BCUT2D eigenvalue weighted by Crippen LogP contribution is 2.34. The Balaban J connectivity index is 3.55. The molecule has 0 saturated heterocycles. The van der Waals surface area contributed by atoms with E-state index >= 15 is 0 Å². The predicted octanol–water partition coefficient (Wildman–Crippen LogP) is 2.38. The van der Waals surface area contributed by atoms with Crippen molar-refractivity contribution in [3.8, 4) is 11.8 Å². The minimum Gasteiger partial charge on any atom is -0.432 e. The Kier molecular flexibility index (Phi) is 4.19. The monoisotopic (exact) mass is 299 g/mol. The molecule has 9 heteroatoms. The highest BCUT2D eigenvalue weighted by molar-refractivity contribution is 8.13. The van der Waals surface area contributed by atoms with E-state index in [2.05, 4.69) is 17.4 Å². The molecule has 17 heavy (non-hydrogen) atoms. The van der Waals surface area contributed by atoms with Gasteiger partial charge < -0.3 is 4.74 Å². The van der Waals surface area contributed by atoms with Gasteiger partial charge in [-0.2, -0.15) is 14.0 Å². The van der Waals surface area contributed by atoms with Crippen LogP contribution in [0.25, 0.3) is 0 Å². The first kappa shape index (κ1) is 14.0. The van der Waals surface area contributed by atoms with E-state index in [1.165, 1.54) is 6.07 Å². The van der Waals surface area contributed by atoms with Gasteiger partial charge >= 0.3 is 6.61 Å². The van der Waals surface area contributed by atoms with Crippen LogP contribution in [0.2, 0.25) is 0 Å². The normalized spacial score (nSPS) is 11.3. The first-order chi connectivity index (χ1) is 7.77. The minimum absolute atomic E-state index is 0.0917. The molecule has 0 spiro atoms. The summed E-state index contributed by atoms with van der Waals surface area (Å²) in [4.78, 5) is -0.693. The maximum Gasteiger partial charge on any atom is 0.387 e. The average molecular weight is 300 g/mol. The lowest BCUT2D eigenvalue weighted by atomic mass is 10.2. The second-order valence-corrected chi connectivity index (χ2v) is 5.73. The van der Waals surface area contributed by atoms with Crippen molar-refractivity contribution in [3.05, 3.63) is 17.7 Å². The Morgan fingerprint density at radius 3 is 2.47 bits per heavy atom. The van der Waals surface area contributed by atoms with Crippen molar-refractivity contribution in [2.45, 2.75) is 16.4 Å². The number of nitriles is 1. The predicted molar refractivity (Wildman–Crippen MR) is 58.1 cm³/mol. The molecule has 0 heterocycles. The van der Waals surface area contributed by atoms with Gasteiger partial charge in [0.2, 0.25) is 0 Å². The molecule has 1 rings (SSSR count). The highest BCUT2D eigenvalue weighted by atomic mass is 35.7. The molecule has 0 amide bonds. The van der Waals surface area contributed by atoms with Crippen LogP contribution in [0.15, 0.2) is 21.9 Å². The lowest BCUT2D eigenvalue weighted by Gasteiger charge is -2.10. The van der Waals surface area contributed by atoms with Crippen LogP contribution < -0.4 is 4.74 Å². The minimum atomic E-state index is -4.23. The number of ether oxygens (including phenoxy) is 1. The number of hydrogen-bond acceptors (Lipinski definition) is 5. The van der Waals surface area contributed by atoms with Crippen molar-refractivity contribution in [2.75, 3.05) is 0 Å². The maximum atomic E-state index is 12.1. The third-order valence-electron chi connectivity index (χ3n) is 1.68. The fraction of sp³-hybridized carbons (Fsp3) is 0.125. The Bertz CT molecular complexity index is 583. The summed E-state index contributed by atoms with van der Waals surface area (Å²) in [6.07, 6.45) is 0. The molecule has 0 fully saturated rings. The average Bonchev–Trinajstić information content (AvgIpc) is 2.18. The molecule has 1 aromatic carbocycles. The summed E-state index contributed by atoms with van der Waals surface area (Å²) in [6.45, 7) is -3.21. The standard InChI is InChI=1S/C8H4ClF2NO3S2/c9-17(13,14)6-2-1-5(16)7(4(6)3-12)15-8(10)11/h1-2,8,16H. The molecule has 0 aromatic heterocycles. The summed E-state index contributed by atoms with van der Waals surface area (Å²) >= 11 is 3.79. The van der Waals surface area contributed by atoms with Gasteiger partial charge in [-0.1, -0.05) is 0 Å². The molecule has 0 aliphatic heterocycles. The molecule has 0 bridgehead atoms. The molecular formula is C8H4ClF2NO3S2. The van der Waals surface area contributed by atoms with Crippen LogP contribution in [-0.2, 0) is 9.05 Å². The van der Waals surface area contributed by atoms with Gasteiger partial charge in [-0.25, -0.2) is 8.42 Å². The third kappa shape index (κ3) is 3.21. The van der Waals surface area contributed by atoms with Crippen molar-refractivity contribution in [3.63, 3.8) is 0 Å². The Morgan fingerprint density at radius 2 is 2.06 bits per heavy atom. The Hall–Kier alpha value is -1.04. The summed E-state index contributed by atoms with van der Waals surface area (Å²) in [6, 6.07) is 3.53. The van der Waals surface area contributed by atoms with Crippen LogP contribution >= 0.6 is 23.3 Å². The fourth-order valence-corrected chi connectivity index (χ4v) is 2.31. The molecule has 92 valence electrons. The maximum absolute atomic E-state index is 12.1. The first-order valence-corrected chi connectivity index (χ1v) is 6.68. The smallest absolute Gasteiger partial charge is 0.387 e. The zero-order valence-corrected chi connectivity index (χ0v) is 10.4. The van der Waals surface area contributed by atoms with E-state index in [1.807, 2.05) is 0 Å². The van der Waals surface area contributed by atoms with E-state index in [0.29, 0.717) is 0 Å². The number of thiol groups is 1. The fourth-order valence-electron chi connectivity index (χ4n) is 1.07. The van der Waals surface area contributed by atoms with Gasteiger partial charge in [0, 0.05) is 15.6 Å². The van der Waals surface area contributed by atoms with Crippen LogP contribution in [0.4, 0.5) is 8.78 Å². The van der Waals surface area contributed by atoms with Crippen LogP contribution in [0, 0.1) is 11.3 Å². The second kappa shape index (κ2) is 5.08. The Morgan fingerprint density at radius 1 is 1.47 bits per heavy atom. The van der Waals surface area contributed by atoms with E-state index < -0.39 is 31.9 Å². The lowest BCUT2D eigenvalue weighted by molar-refractivity contribution is -0.0520. The quantitative estimate of drug-likeness (QED) is 0.687. The van der Waals surface area contributed by atoms with Crippen LogP contribution in [-0.4, -0.2) is 15.0 Å². The van der Waals surface area contributed by atoms with Gasteiger partial charge in [0.15, 0.2) is 5.75 Å². The largest absolute Gasteiger partial charge is 0.432 e. The van der Waals surface area contributed by atoms with Gasteiger partial charge in [-0.15, -0.1) is 12.6 Å². The van der Waals surface area contributed by atoms with Gasteiger partial charge in [0.25, 0.3) is 9.05 Å². The summed E-state index contributed by atoms with van der Waals surface area (Å²) < 4.78 is 50.5. The van der Waals surface area contributed by atoms with Crippen molar-refractivity contribution in [1.82, 2.24) is 0 Å². The van der Waals surface area contributed by atoms with E-state index in [9.17, 15) is 17.2 Å². The zero-order valence-electron chi connectivity index (χ0n) is 7.89. The second-order valence-electron chi connectivity index (χ2n) is 2.72. The number of halogens is 3. The molecule has 4 nitrogen and oxygen atoms in total. The van der Waals surface area contributed by atoms with Gasteiger partial charge in [-0.3, -0.25) is 0 Å². The van der Waals surface area contributed by atoms with E-state index in [1.54, 1.807) is 0 Å². The van der Waals surface area contributed by atoms with Crippen LogP contribution in [0.3, 0.4) is 0 Å². The van der Waals surface area contributed by atoms with Crippen molar-refractivity contribution < 1.29 is 21.9 Å². The topological polar surface area (TPSA) is 67.2 Å². The first-order valence-electron chi connectivity index (χ1n) is 3.93. The molecule has 0 saturated carbocycles. The molecular weight excluding hydrogens is 296 g/mol. The number of nitrogens with zero attached hydrogens (tertiary/aromatic N) is 1. The SMILES string of the molecule is N#Cc1c(S(=O)(=O)Cl)ccc(S)c1OC(F)F. The molecule has 1 aromatic rings. The summed E-state index contributed by atoms with van der Waals surface area (Å²) in [7, 11) is 0.827. The van der Waals surface area contributed by atoms with Crippen molar-refractivity contribution >= 4 is 32.4 Å². The van der Waals surface area contributed by atoms with Gasteiger partial charge in [0.1, 0.15) is 16.5 Å². The molecule has 0 aliphatic carbocycles. The molecule has 0 aliphatic rings. The zero-order chi connectivity index (χ0) is 13.2. The molecule has 0 radical (unpaired) electrons. The Labute approximate surface area is 106 Å². The number of hydrogen-bond donors (Lipinski definition) is 1. The van der Waals surface area contributed by atoms with Crippen molar-refractivity contribution in [2.24, 2.45) is 0 Å². The molecule has 0 atom stereocenters. The van der Waals surface area contributed by atoms with Crippen LogP contribution in [0.5, 0.6) is 5.75 Å².